The van der Waals surface area contributed by atoms with E-state index in [-0.39, 0.29) is 12.6 Å². The van der Waals surface area contributed by atoms with Crippen molar-refractivity contribution in [1.29, 1.82) is 0 Å². The van der Waals surface area contributed by atoms with Crippen LogP contribution in [0.5, 0.6) is 5.75 Å². The molecule has 0 radical (unpaired) electrons. The molecule has 0 aliphatic carbocycles. The summed E-state index contributed by atoms with van der Waals surface area (Å²) < 4.78 is 20.7. The number of hydrogen-bond donors (Lipinski definition) is 0. The summed E-state index contributed by atoms with van der Waals surface area (Å²) in [5.74, 6) is -0.256. The molecule has 0 aromatic heterocycles. The molecule has 0 fully saturated rings. The van der Waals surface area contributed by atoms with Gasteiger partial charge in [-0.05, 0) is 45.4 Å². The Morgan fingerprint density at radius 1 is 1.12 bits per heavy atom. The summed E-state index contributed by atoms with van der Waals surface area (Å²) >= 11 is 0. The molecule has 0 spiro atoms. The van der Waals surface area contributed by atoms with Crippen molar-refractivity contribution in [2.75, 3.05) is 20.3 Å². The number of hydrogen-bond acceptors (Lipinski definition) is 6. The van der Waals surface area contributed by atoms with Crippen molar-refractivity contribution < 1.29 is 28.5 Å². The van der Waals surface area contributed by atoms with E-state index in [1.54, 1.807) is 39.8 Å². The van der Waals surface area contributed by atoms with Gasteiger partial charge in [0.05, 0.1) is 6.61 Å². The Morgan fingerprint density at radius 3 is 2.25 bits per heavy atom. The molecule has 1 rings (SSSR count). The number of rotatable bonds is 8. The molecule has 0 aliphatic heterocycles. The van der Waals surface area contributed by atoms with Gasteiger partial charge >= 0.3 is 11.9 Å². The van der Waals surface area contributed by atoms with Crippen LogP contribution in [0.2, 0.25) is 0 Å². The van der Waals surface area contributed by atoms with Crippen molar-refractivity contribution in [3.63, 3.8) is 0 Å². The molecule has 134 valence electrons. The van der Waals surface area contributed by atoms with E-state index in [1.165, 1.54) is 7.11 Å². The minimum atomic E-state index is -0.640. The van der Waals surface area contributed by atoms with Crippen molar-refractivity contribution >= 4 is 11.9 Å². The van der Waals surface area contributed by atoms with Crippen LogP contribution in [0.3, 0.4) is 0 Å². The largest absolute Gasteiger partial charge is 0.482 e. The fourth-order valence-corrected chi connectivity index (χ4v) is 1.95. The van der Waals surface area contributed by atoms with Crippen molar-refractivity contribution in [3.8, 4) is 5.75 Å². The highest BCUT2D eigenvalue weighted by Gasteiger charge is 2.20. The fourth-order valence-electron chi connectivity index (χ4n) is 1.95. The van der Waals surface area contributed by atoms with E-state index in [9.17, 15) is 9.59 Å². The average molecular weight is 338 g/mol. The lowest BCUT2D eigenvalue weighted by Crippen LogP contribution is -2.27. The maximum atomic E-state index is 11.7. The van der Waals surface area contributed by atoms with Crippen LogP contribution in [0.4, 0.5) is 0 Å². The molecule has 6 nitrogen and oxygen atoms in total. The molecule has 0 N–H and O–H groups in total. The molecular weight excluding hydrogens is 312 g/mol. The molecule has 6 heteroatoms. The summed E-state index contributed by atoms with van der Waals surface area (Å²) in [5, 5.41) is 0. The van der Waals surface area contributed by atoms with Gasteiger partial charge in [-0.1, -0.05) is 12.1 Å². The third kappa shape index (κ3) is 7.46. The Hall–Kier alpha value is -2.08. The second-order valence-electron chi connectivity index (χ2n) is 6.20. The van der Waals surface area contributed by atoms with E-state index in [1.807, 2.05) is 12.1 Å². The topological polar surface area (TPSA) is 71.1 Å². The van der Waals surface area contributed by atoms with Gasteiger partial charge in [0.15, 0.2) is 12.7 Å². The van der Waals surface area contributed by atoms with Gasteiger partial charge in [-0.25, -0.2) is 9.59 Å². The summed E-state index contributed by atoms with van der Waals surface area (Å²) in [4.78, 5) is 23.3. The van der Waals surface area contributed by atoms with Crippen LogP contribution in [-0.4, -0.2) is 44.0 Å². The number of benzene rings is 1. The van der Waals surface area contributed by atoms with Gasteiger partial charge in [0.2, 0.25) is 0 Å². The van der Waals surface area contributed by atoms with Crippen molar-refractivity contribution in [2.24, 2.45) is 0 Å². The van der Waals surface area contributed by atoms with E-state index in [2.05, 4.69) is 0 Å². The molecule has 1 unspecified atom stereocenters. The molecule has 0 amide bonds. The Morgan fingerprint density at radius 2 is 1.75 bits per heavy atom. The molecule has 1 aromatic rings. The molecule has 0 aliphatic rings. The summed E-state index contributed by atoms with van der Waals surface area (Å²) in [6.45, 7) is 7.32. The molecule has 1 aromatic carbocycles. The van der Waals surface area contributed by atoms with Crippen LogP contribution >= 0.6 is 0 Å². The number of carbonyl (C=O) groups excluding carboxylic acids is 2. The average Bonchev–Trinajstić information content (AvgIpc) is 2.50. The van der Waals surface area contributed by atoms with Crippen LogP contribution in [0, 0.1) is 0 Å². The van der Waals surface area contributed by atoms with Crippen LogP contribution in [0.15, 0.2) is 24.3 Å². The lowest BCUT2D eigenvalue weighted by Gasteiger charge is -2.19. The predicted octanol–water partition coefficient (Wildman–Crippen LogP) is 2.53. The summed E-state index contributed by atoms with van der Waals surface area (Å²) in [5.41, 5.74) is 0.367. The van der Waals surface area contributed by atoms with Gasteiger partial charge in [-0.15, -0.1) is 0 Å². The standard InChI is InChI=1S/C18H26O6/c1-6-22-17(20)15(21-5)11-13-7-9-14(10-8-13)23-12-16(19)24-18(2,3)4/h7-10,15H,6,11-12H2,1-5H3. The highest BCUT2D eigenvalue weighted by molar-refractivity contribution is 5.75. The maximum absolute atomic E-state index is 11.7. The third-order valence-electron chi connectivity index (χ3n) is 2.96. The second-order valence-corrected chi connectivity index (χ2v) is 6.20. The minimum absolute atomic E-state index is 0.153. The summed E-state index contributed by atoms with van der Waals surface area (Å²) in [6, 6.07) is 7.10. The number of esters is 2. The van der Waals surface area contributed by atoms with Crippen LogP contribution < -0.4 is 4.74 Å². The SMILES string of the molecule is CCOC(=O)C(Cc1ccc(OCC(=O)OC(C)(C)C)cc1)OC. The predicted molar refractivity (Wildman–Crippen MR) is 88.9 cm³/mol. The van der Waals surface area contributed by atoms with Crippen molar-refractivity contribution in [1.82, 2.24) is 0 Å². The van der Waals surface area contributed by atoms with E-state index in [4.69, 9.17) is 18.9 Å². The first kappa shape index (κ1) is 20.0. The van der Waals surface area contributed by atoms with Gasteiger partial charge < -0.3 is 18.9 Å². The second kappa shape index (κ2) is 9.27. The van der Waals surface area contributed by atoms with Gasteiger partial charge in [-0.2, -0.15) is 0 Å². The molecule has 0 saturated carbocycles. The van der Waals surface area contributed by atoms with Crippen LogP contribution in [0.25, 0.3) is 0 Å². The number of ether oxygens (including phenoxy) is 4. The minimum Gasteiger partial charge on any atom is -0.482 e. The van der Waals surface area contributed by atoms with E-state index in [0.717, 1.165) is 5.56 Å². The Balaban J connectivity index is 2.53. The Bertz CT molecular complexity index is 529. The van der Waals surface area contributed by atoms with E-state index >= 15 is 0 Å². The molecule has 24 heavy (non-hydrogen) atoms. The first-order valence-electron chi connectivity index (χ1n) is 7.88. The molecule has 0 heterocycles. The molecule has 0 bridgehead atoms. The Kier molecular flexibility index (Phi) is 7.71. The zero-order chi connectivity index (χ0) is 18.2. The first-order chi connectivity index (χ1) is 11.2. The molecular formula is C18H26O6. The van der Waals surface area contributed by atoms with Crippen molar-refractivity contribution in [3.05, 3.63) is 29.8 Å². The zero-order valence-electron chi connectivity index (χ0n) is 15.0. The number of carbonyl (C=O) groups is 2. The molecule has 1 atom stereocenters. The normalized spacial score (nSPS) is 12.4. The fraction of sp³-hybridized carbons (Fsp3) is 0.556. The quantitative estimate of drug-likeness (QED) is 0.678. The van der Waals surface area contributed by atoms with Gasteiger partial charge in [-0.3, -0.25) is 0 Å². The first-order valence-corrected chi connectivity index (χ1v) is 7.88. The highest BCUT2D eigenvalue weighted by atomic mass is 16.6. The van der Waals surface area contributed by atoms with Gasteiger partial charge in [0.25, 0.3) is 0 Å². The molecule has 0 saturated heterocycles. The third-order valence-corrected chi connectivity index (χ3v) is 2.96. The smallest absolute Gasteiger partial charge is 0.344 e. The van der Waals surface area contributed by atoms with Crippen molar-refractivity contribution in [2.45, 2.75) is 45.8 Å². The summed E-state index contributed by atoms with van der Waals surface area (Å²) in [6.07, 6.45) is -0.236. The number of methoxy groups -OCH3 is 1. The maximum Gasteiger partial charge on any atom is 0.344 e. The monoisotopic (exact) mass is 338 g/mol. The lowest BCUT2D eigenvalue weighted by molar-refractivity contribution is -0.157. The van der Waals surface area contributed by atoms with E-state index < -0.39 is 17.7 Å². The van der Waals surface area contributed by atoms with Gasteiger partial charge in [0.1, 0.15) is 11.4 Å². The van der Waals surface area contributed by atoms with E-state index in [0.29, 0.717) is 18.8 Å². The van der Waals surface area contributed by atoms with Crippen LogP contribution in [-0.2, 0) is 30.2 Å². The van der Waals surface area contributed by atoms with Crippen LogP contribution in [0.1, 0.15) is 33.3 Å². The van der Waals surface area contributed by atoms with Gasteiger partial charge in [0, 0.05) is 13.5 Å². The lowest BCUT2D eigenvalue weighted by atomic mass is 10.1. The summed E-state index contributed by atoms with van der Waals surface area (Å²) in [7, 11) is 1.47. The Labute approximate surface area is 143 Å². The highest BCUT2D eigenvalue weighted by Crippen LogP contribution is 2.15. The zero-order valence-corrected chi connectivity index (χ0v) is 15.0.